The summed E-state index contributed by atoms with van der Waals surface area (Å²) in [4.78, 5) is 40.0. The lowest BCUT2D eigenvalue weighted by Crippen LogP contribution is -2.48. The van der Waals surface area contributed by atoms with Crippen LogP contribution in [0.25, 0.3) is 6.08 Å². The molecule has 1 aliphatic heterocycles. The Labute approximate surface area is 300 Å². The molecular weight excluding hydrogens is 708 g/mol. The Balaban J connectivity index is 1.55. The number of nitrogens with zero attached hydrogens (tertiary/aromatic N) is 4. The van der Waals surface area contributed by atoms with E-state index in [-0.39, 0.29) is 43.1 Å². The fourth-order valence-electron chi connectivity index (χ4n) is 5.84. The van der Waals surface area contributed by atoms with Crippen molar-refractivity contribution in [3.8, 4) is 5.88 Å². The van der Waals surface area contributed by atoms with Gasteiger partial charge in [-0.1, -0.05) is 37.3 Å². The number of esters is 1. The summed E-state index contributed by atoms with van der Waals surface area (Å²) >= 11 is 0. The lowest BCUT2D eigenvalue weighted by atomic mass is 9.91. The van der Waals surface area contributed by atoms with Crippen molar-refractivity contribution >= 4 is 23.8 Å². The third-order valence-electron chi connectivity index (χ3n) is 8.38. The molecular formula is C37H35F6N5O5. The summed E-state index contributed by atoms with van der Waals surface area (Å²) in [5.41, 5.74) is -1.84. The maximum atomic E-state index is 14.0. The molecule has 2 aromatic carbocycles. The summed E-state index contributed by atoms with van der Waals surface area (Å²) in [6.07, 6.45) is -5.31. The van der Waals surface area contributed by atoms with E-state index in [2.05, 4.69) is 20.3 Å². The van der Waals surface area contributed by atoms with Gasteiger partial charge in [-0.2, -0.15) is 26.3 Å². The van der Waals surface area contributed by atoms with Crippen LogP contribution in [0.15, 0.2) is 79.1 Å². The number of benzene rings is 2. The topological polar surface area (TPSA) is 116 Å². The zero-order chi connectivity index (χ0) is 38.3. The number of rotatable bonds is 11. The fourth-order valence-corrected chi connectivity index (χ4v) is 5.84. The molecule has 0 aliphatic carbocycles. The van der Waals surface area contributed by atoms with Gasteiger partial charge in [0.1, 0.15) is 12.4 Å². The van der Waals surface area contributed by atoms with Crippen molar-refractivity contribution in [2.45, 2.75) is 63.8 Å². The number of fused-ring (bicyclic) bond motifs is 1. The van der Waals surface area contributed by atoms with Crippen molar-refractivity contribution in [2.75, 3.05) is 18.6 Å². The summed E-state index contributed by atoms with van der Waals surface area (Å²) in [6, 6.07) is 10.5. The monoisotopic (exact) mass is 743 g/mol. The number of halogens is 6. The number of amides is 1. The standard InChI is InChI=1S/C37H35F6N5O5/c1-4-27-18-28(33-29(12-13-30(47-33)51-3)48(27)35(50)52-5-2)46-32(24-15-25(36(38,39)40)17-26(16-24)37(41,42)43)34-44-19-23(20-45-34)11-14-31(49)53-21-22-9-7-6-8-10-22/h6-17,19-20,27-28,32,46H,4-5,18,21H2,1-3H3/t27-,28+,32?/m1/s1. The van der Waals surface area contributed by atoms with Crippen molar-refractivity contribution in [3.63, 3.8) is 0 Å². The van der Waals surface area contributed by atoms with E-state index < -0.39 is 59.2 Å². The van der Waals surface area contributed by atoms with Crippen molar-refractivity contribution in [1.82, 2.24) is 20.3 Å². The summed E-state index contributed by atoms with van der Waals surface area (Å²) in [7, 11) is 1.37. The van der Waals surface area contributed by atoms with Crippen LogP contribution >= 0.6 is 0 Å². The van der Waals surface area contributed by atoms with Gasteiger partial charge in [-0.25, -0.2) is 24.5 Å². The minimum atomic E-state index is -5.12. The molecule has 53 heavy (non-hydrogen) atoms. The summed E-state index contributed by atoms with van der Waals surface area (Å²) in [6.45, 7) is 3.59. The van der Waals surface area contributed by atoms with E-state index in [4.69, 9.17) is 14.2 Å². The van der Waals surface area contributed by atoms with E-state index in [9.17, 15) is 35.9 Å². The van der Waals surface area contributed by atoms with Gasteiger partial charge in [-0.3, -0.25) is 10.2 Å². The van der Waals surface area contributed by atoms with Gasteiger partial charge >= 0.3 is 24.4 Å². The molecule has 1 N–H and O–H groups in total. The van der Waals surface area contributed by atoms with Gasteiger partial charge in [-0.15, -0.1) is 0 Å². The second-order valence-electron chi connectivity index (χ2n) is 11.9. The minimum Gasteiger partial charge on any atom is -0.481 e. The molecule has 0 radical (unpaired) electrons. The molecule has 0 fully saturated rings. The fraction of sp³-hybridized carbons (Fsp3) is 0.324. The quantitative estimate of drug-likeness (QED) is 0.0922. The summed E-state index contributed by atoms with van der Waals surface area (Å²) in [5.74, 6) is -0.687. The number of anilines is 1. The molecule has 0 bridgehead atoms. The Morgan fingerprint density at radius 3 is 2.19 bits per heavy atom. The zero-order valence-electron chi connectivity index (χ0n) is 28.7. The van der Waals surface area contributed by atoms with Crippen LogP contribution in [-0.4, -0.2) is 46.8 Å². The second kappa shape index (κ2) is 16.4. The Morgan fingerprint density at radius 2 is 1.60 bits per heavy atom. The van der Waals surface area contributed by atoms with Gasteiger partial charge < -0.3 is 14.2 Å². The number of ether oxygens (including phenoxy) is 3. The zero-order valence-corrected chi connectivity index (χ0v) is 28.7. The largest absolute Gasteiger partial charge is 0.481 e. The molecule has 0 saturated carbocycles. The highest BCUT2D eigenvalue weighted by molar-refractivity contribution is 5.90. The van der Waals surface area contributed by atoms with Gasteiger partial charge in [0.25, 0.3) is 0 Å². The molecule has 3 atom stereocenters. The van der Waals surface area contributed by atoms with E-state index in [0.29, 0.717) is 29.8 Å². The van der Waals surface area contributed by atoms with Crippen molar-refractivity contribution in [1.29, 1.82) is 0 Å². The molecule has 0 spiro atoms. The van der Waals surface area contributed by atoms with E-state index >= 15 is 0 Å². The third kappa shape index (κ3) is 9.49. The Hall–Kier alpha value is -5.51. The maximum Gasteiger partial charge on any atom is 0.416 e. The lowest BCUT2D eigenvalue weighted by molar-refractivity contribution is -0.143. The predicted octanol–water partition coefficient (Wildman–Crippen LogP) is 8.24. The molecule has 280 valence electrons. The van der Waals surface area contributed by atoms with Gasteiger partial charge in [0, 0.05) is 36.1 Å². The molecule has 10 nitrogen and oxygen atoms in total. The van der Waals surface area contributed by atoms with Crippen molar-refractivity contribution < 1.29 is 50.1 Å². The number of carbonyl (C=O) groups is 2. The highest BCUT2D eigenvalue weighted by atomic mass is 19.4. The number of pyridine rings is 1. The molecule has 4 aromatic rings. The van der Waals surface area contributed by atoms with Crippen molar-refractivity contribution in [2.24, 2.45) is 0 Å². The first kappa shape index (κ1) is 38.7. The normalized spacial score (nSPS) is 16.6. The number of aromatic nitrogens is 3. The first-order valence-corrected chi connectivity index (χ1v) is 16.5. The molecule has 1 aliphatic rings. The molecule has 0 saturated heterocycles. The lowest BCUT2D eigenvalue weighted by Gasteiger charge is -2.40. The van der Waals surface area contributed by atoms with Crippen LogP contribution in [-0.2, 0) is 33.2 Å². The van der Waals surface area contributed by atoms with Crippen LogP contribution in [0.3, 0.4) is 0 Å². The van der Waals surface area contributed by atoms with E-state index in [1.54, 1.807) is 37.3 Å². The first-order valence-electron chi connectivity index (χ1n) is 16.5. The van der Waals surface area contributed by atoms with Crippen LogP contribution < -0.4 is 15.0 Å². The number of alkyl halides is 6. The highest BCUT2D eigenvalue weighted by Gasteiger charge is 2.41. The van der Waals surface area contributed by atoms with Crippen LogP contribution in [0.1, 0.15) is 78.1 Å². The average molecular weight is 744 g/mol. The Morgan fingerprint density at radius 1 is 0.943 bits per heavy atom. The number of nitrogens with one attached hydrogen (secondary N) is 1. The number of hydrogen-bond donors (Lipinski definition) is 1. The van der Waals surface area contributed by atoms with Crippen molar-refractivity contribution in [3.05, 3.63) is 118 Å². The van der Waals surface area contributed by atoms with Gasteiger partial charge in [0.2, 0.25) is 5.88 Å². The summed E-state index contributed by atoms with van der Waals surface area (Å²) < 4.78 is 100. The highest BCUT2D eigenvalue weighted by Crippen LogP contribution is 2.42. The first-order chi connectivity index (χ1) is 25.2. The Bertz CT molecular complexity index is 1890. The van der Waals surface area contributed by atoms with Crippen LogP contribution in [0.4, 0.5) is 36.8 Å². The van der Waals surface area contributed by atoms with E-state index in [0.717, 1.165) is 11.6 Å². The van der Waals surface area contributed by atoms with Crippen LogP contribution in [0, 0.1) is 0 Å². The van der Waals surface area contributed by atoms with E-state index in [1.165, 1.54) is 36.5 Å². The van der Waals surface area contributed by atoms with E-state index in [1.807, 2.05) is 13.0 Å². The smallest absolute Gasteiger partial charge is 0.416 e. The van der Waals surface area contributed by atoms with Crippen LogP contribution in [0.5, 0.6) is 5.88 Å². The number of carbonyl (C=O) groups excluding carboxylic acids is 2. The second-order valence-corrected chi connectivity index (χ2v) is 11.9. The van der Waals surface area contributed by atoms with Gasteiger partial charge in [-0.05, 0) is 61.2 Å². The average Bonchev–Trinajstić information content (AvgIpc) is 3.14. The minimum absolute atomic E-state index is 0.0329. The van der Waals surface area contributed by atoms with Crippen LogP contribution in [0.2, 0.25) is 0 Å². The number of methoxy groups -OCH3 is 1. The third-order valence-corrected chi connectivity index (χ3v) is 8.38. The molecule has 1 unspecified atom stereocenters. The van der Waals surface area contributed by atoms with Gasteiger partial charge in [0.15, 0.2) is 0 Å². The molecule has 1 amide bonds. The Kier molecular flexibility index (Phi) is 12.0. The molecule has 3 heterocycles. The molecule has 5 rings (SSSR count). The molecule has 2 aromatic heterocycles. The van der Waals surface area contributed by atoms with Gasteiger partial charge in [0.05, 0.1) is 48.3 Å². The number of hydrogen-bond acceptors (Lipinski definition) is 9. The maximum absolute atomic E-state index is 14.0. The predicted molar refractivity (Wildman–Crippen MR) is 180 cm³/mol. The summed E-state index contributed by atoms with van der Waals surface area (Å²) in [5, 5.41) is 3.16. The molecule has 16 heteroatoms. The SMILES string of the molecule is CCOC(=O)N1c2ccc(OC)nc2[C@@H](NC(c2cc(C(F)(F)F)cc(C(F)(F)F)c2)c2ncc(C=CC(=O)OCc3ccccc3)cn2)C[C@H]1CC.